The number of ether oxygens (including phenoxy) is 1. The fourth-order valence-electron chi connectivity index (χ4n) is 4.21. The van der Waals surface area contributed by atoms with Crippen LogP contribution in [0.3, 0.4) is 0 Å². The Balaban J connectivity index is 1.18. The molecule has 2 bridgehead atoms. The summed E-state index contributed by atoms with van der Waals surface area (Å²) in [4.78, 5) is 29.8. The molecular formula is C18H22ClFN4O4. The second kappa shape index (κ2) is 7.14. The van der Waals surface area contributed by atoms with Crippen molar-refractivity contribution in [1.82, 2.24) is 21.4 Å². The van der Waals surface area contributed by atoms with Gasteiger partial charge in [-0.1, -0.05) is 11.6 Å². The summed E-state index contributed by atoms with van der Waals surface area (Å²) < 4.78 is 18.7. The molecule has 4 N–H and O–H groups in total. The van der Waals surface area contributed by atoms with E-state index in [9.17, 15) is 14.0 Å². The third-order valence-corrected chi connectivity index (χ3v) is 5.76. The molecule has 1 aliphatic heterocycles. The molecule has 2 amide bonds. The van der Waals surface area contributed by atoms with Crippen molar-refractivity contribution in [3.63, 3.8) is 0 Å². The highest BCUT2D eigenvalue weighted by molar-refractivity contribution is 6.30. The number of hydrogen-bond donors (Lipinski definition) is 4. The van der Waals surface area contributed by atoms with Crippen molar-refractivity contribution in [1.29, 1.82) is 0 Å². The smallest absolute Gasteiger partial charge is 0.258 e. The van der Waals surface area contributed by atoms with Crippen molar-refractivity contribution in [2.75, 3.05) is 13.2 Å². The lowest BCUT2D eigenvalue weighted by Crippen LogP contribution is -2.78. The largest absolute Gasteiger partial charge is 0.484 e. The third kappa shape index (κ3) is 3.67. The molecule has 3 aliphatic carbocycles. The molecule has 10 heteroatoms. The quantitative estimate of drug-likeness (QED) is 0.529. The van der Waals surface area contributed by atoms with E-state index in [1.165, 1.54) is 12.1 Å². The Kier molecular flexibility index (Phi) is 4.95. The Bertz CT molecular complexity index is 788. The van der Waals surface area contributed by atoms with Gasteiger partial charge in [-0.3, -0.25) is 19.7 Å². The molecule has 0 aromatic heterocycles. The van der Waals surface area contributed by atoms with Crippen molar-refractivity contribution in [2.45, 2.75) is 44.1 Å². The van der Waals surface area contributed by atoms with Crippen molar-refractivity contribution in [2.24, 2.45) is 5.41 Å². The molecule has 0 spiro atoms. The maximum absolute atomic E-state index is 13.4. The van der Waals surface area contributed by atoms with Gasteiger partial charge in [0, 0.05) is 11.6 Å². The van der Waals surface area contributed by atoms with Crippen LogP contribution in [0.4, 0.5) is 4.39 Å². The topological polar surface area (TPSA) is 101 Å². The van der Waals surface area contributed by atoms with E-state index in [0.29, 0.717) is 25.8 Å². The fraction of sp³-hybridized carbons (Fsp3) is 0.556. The van der Waals surface area contributed by atoms with Crippen LogP contribution in [0, 0.1) is 11.2 Å². The first-order chi connectivity index (χ1) is 13.3. The molecule has 5 rings (SSSR count). The van der Waals surface area contributed by atoms with Crippen LogP contribution >= 0.6 is 11.6 Å². The van der Waals surface area contributed by atoms with E-state index in [4.69, 9.17) is 21.2 Å². The molecule has 0 radical (unpaired) electrons. The van der Waals surface area contributed by atoms with E-state index < -0.39 is 11.2 Å². The molecule has 3 saturated carbocycles. The van der Waals surface area contributed by atoms with Crippen LogP contribution in [0.1, 0.15) is 26.2 Å². The monoisotopic (exact) mass is 412 g/mol. The number of halogens is 2. The maximum Gasteiger partial charge on any atom is 0.258 e. The van der Waals surface area contributed by atoms with Gasteiger partial charge in [0.15, 0.2) is 6.61 Å². The van der Waals surface area contributed by atoms with Crippen molar-refractivity contribution < 1.29 is 23.6 Å². The van der Waals surface area contributed by atoms with Gasteiger partial charge in [-0.2, -0.15) is 5.48 Å². The minimum absolute atomic E-state index is 0.00436. The minimum atomic E-state index is -0.601. The van der Waals surface area contributed by atoms with Crippen molar-refractivity contribution in [3.8, 4) is 5.75 Å². The predicted molar refractivity (Wildman–Crippen MR) is 97.7 cm³/mol. The summed E-state index contributed by atoms with van der Waals surface area (Å²) in [5.74, 6) is -0.679. The molecule has 1 aromatic rings. The fourth-order valence-corrected chi connectivity index (χ4v) is 4.33. The molecule has 2 atom stereocenters. The summed E-state index contributed by atoms with van der Waals surface area (Å²) in [6.07, 6.45) is 1.62. The molecule has 4 aliphatic rings. The zero-order valence-electron chi connectivity index (χ0n) is 15.3. The number of amides is 2. The molecule has 1 saturated heterocycles. The van der Waals surface area contributed by atoms with E-state index >= 15 is 0 Å². The SMILES string of the molecule is CC1NOC(CNC(=O)C23CC(NC(=O)COc4ccc(Cl)c(F)c4)(C2)C3)N1. The maximum atomic E-state index is 13.4. The molecule has 8 nitrogen and oxygen atoms in total. The Hall–Kier alpha value is -1.94. The highest BCUT2D eigenvalue weighted by atomic mass is 35.5. The van der Waals surface area contributed by atoms with E-state index in [1.54, 1.807) is 0 Å². The summed E-state index contributed by atoms with van der Waals surface area (Å²) >= 11 is 5.61. The first-order valence-electron chi connectivity index (χ1n) is 9.14. The van der Waals surface area contributed by atoms with Gasteiger partial charge >= 0.3 is 0 Å². The normalized spacial score (nSPS) is 32.8. The number of rotatable bonds is 7. The van der Waals surface area contributed by atoms with Gasteiger partial charge in [-0.25, -0.2) is 4.39 Å². The first kappa shape index (κ1) is 19.4. The zero-order chi connectivity index (χ0) is 19.9. The number of hydrogen-bond acceptors (Lipinski definition) is 6. The summed E-state index contributed by atoms with van der Waals surface area (Å²) in [6, 6.07) is 4.00. The van der Waals surface area contributed by atoms with Gasteiger partial charge in [-0.15, -0.1) is 0 Å². The Morgan fingerprint density at radius 3 is 2.79 bits per heavy atom. The lowest BCUT2D eigenvalue weighted by Gasteiger charge is -2.69. The number of carbonyl (C=O) groups excluding carboxylic acids is 2. The van der Waals surface area contributed by atoms with Crippen LogP contribution in [0.2, 0.25) is 5.02 Å². The van der Waals surface area contributed by atoms with Crippen LogP contribution < -0.4 is 26.2 Å². The van der Waals surface area contributed by atoms with E-state index in [-0.39, 0.29) is 47.1 Å². The lowest BCUT2D eigenvalue weighted by molar-refractivity contribution is -0.184. The third-order valence-electron chi connectivity index (χ3n) is 5.45. The van der Waals surface area contributed by atoms with E-state index in [1.807, 2.05) is 6.92 Å². The van der Waals surface area contributed by atoms with Crippen molar-refractivity contribution in [3.05, 3.63) is 29.0 Å². The summed E-state index contributed by atoms with van der Waals surface area (Å²) in [5, 5.41) is 8.95. The second-order valence-electron chi connectivity index (χ2n) is 7.83. The average Bonchev–Trinajstić information content (AvgIpc) is 3.01. The van der Waals surface area contributed by atoms with Crippen LogP contribution in [0.25, 0.3) is 0 Å². The number of benzene rings is 1. The van der Waals surface area contributed by atoms with Crippen LogP contribution in [0.15, 0.2) is 18.2 Å². The molecule has 2 unspecified atom stereocenters. The van der Waals surface area contributed by atoms with Gasteiger partial charge < -0.3 is 15.4 Å². The lowest BCUT2D eigenvalue weighted by atomic mass is 9.39. The van der Waals surface area contributed by atoms with Crippen LogP contribution in [-0.2, 0) is 14.4 Å². The number of carbonyl (C=O) groups is 2. The van der Waals surface area contributed by atoms with Gasteiger partial charge in [0.05, 0.1) is 23.1 Å². The average molecular weight is 413 g/mol. The van der Waals surface area contributed by atoms with Gasteiger partial charge in [0.1, 0.15) is 17.8 Å². The van der Waals surface area contributed by atoms with E-state index in [0.717, 1.165) is 6.07 Å². The molecule has 4 fully saturated rings. The zero-order valence-corrected chi connectivity index (χ0v) is 16.1. The van der Waals surface area contributed by atoms with Gasteiger partial charge in [0.25, 0.3) is 5.91 Å². The first-order valence-corrected chi connectivity index (χ1v) is 9.51. The van der Waals surface area contributed by atoms with Crippen molar-refractivity contribution >= 4 is 23.4 Å². The molecule has 152 valence electrons. The Morgan fingerprint density at radius 1 is 1.39 bits per heavy atom. The Morgan fingerprint density at radius 2 is 2.14 bits per heavy atom. The van der Waals surface area contributed by atoms with Gasteiger partial charge in [-0.05, 0) is 38.3 Å². The Labute approximate surface area is 166 Å². The summed E-state index contributed by atoms with van der Waals surface area (Å²) in [5.41, 5.74) is 2.05. The molecule has 28 heavy (non-hydrogen) atoms. The minimum Gasteiger partial charge on any atom is -0.484 e. The van der Waals surface area contributed by atoms with Crippen LogP contribution in [0.5, 0.6) is 5.75 Å². The highest BCUT2D eigenvalue weighted by Gasteiger charge is 2.72. The number of nitrogens with one attached hydrogen (secondary N) is 4. The predicted octanol–water partition coefficient (Wildman–Crippen LogP) is 0.809. The molecule has 1 heterocycles. The second-order valence-corrected chi connectivity index (χ2v) is 8.23. The summed E-state index contributed by atoms with van der Waals surface area (Å²) in [7, 11) is 0. The molecule has 1 aromatic carbocycles. The highest BCUT2D eigenvalue weighted by Crippen LogP contribution is 2.67. The molecular weight excluding hydrogens is 391 g/mol. The van der Waals surface area contributed by atoms with Gasteiger partial charge in [0.2, 0.25) is 5.91 Å². The van der Waals surface area contributed by atoms with E-state index in [2.05, 4.69) is 21.4 Å². The van der Waals surface area contributed by atoms with Crippen LogP contribution in [-0.4, -0.2) is 42.9 Å². The number of hydroxylamine groups is 1. The summed E-state index contributed by atoms with van der Waals surface area (Å²) in [6.45, 7) is 2.07. The standard InChI is InChI=1S/C18H22ClFN4O4/c1-10-22-15(28-24-10)5-21-16(26)17-7-18(8-17,9-17)23-14(25)6-27-11-2-3-12(19)13(20)4-11/h2-4,10,15,22,24H,5-9H2,1H3,(H,21,26)(H,23,25).